The van der Waals surface area contributed by atoms with Crippen LogP contribution in [0.1, 0.15) is 11.8 Å². The van der Waals surface area contributed by atoms with Crippen LogP contribution in [0.4, 0.5) is 5.95 Å². The van der Waals surface area contributed by atoms with E-state index >= 15 is 0 Å². The van der Waals surface area contributed by atoms with Crippen molar-refractivity contribution in [2.45, 2.75) is 35.3 Å². The second-order valence-electron chi connectivity index (χ2n) is 6.36. The van der Waals surface area contributed by atoms with Crippen LogP contribution in [0.25, 0.3) is 11.2 Å². The van der Waals surface area contributed by atoms with E-state index in [9.17, 15) is 15.3 Å². The summed E-state index contributed by atoms with van der Waals surface area (Å²) in [6, 6.07) is 7.96. The molecule has 5 N–H and O–H groups in total. The highest BCUT2D eigenvalue weighted by Crippen LogP contribution is 2.34. The molecule has 1 aromatic carbocycles. The Kier molecular flexibility index (Phi) is 5.54. The zero-order valence-corrected chi connectivity index (χ0v) is 16.9. The van der Waals surface area contributed by atoms with Gasteiger partial charge in [0.1, 0.15) is 28.9 Å². The van der Waals surface area contributed by atoms with Crippen LogP contribution >= 0.6 is 27.7 Å². The van der Waals surface area contributed by atoms with Gasteiger partial charge in [-0.15, -0.1) is 0 Å². The van der Waals surface area contributed by atoms with Crippen molar-refractivity contribution in [2.24, 2.45) is 0 Å². The Labute approximate surface area is 172 Å². The first-order valence-electron chi connectivity index (χ1n) is 8.47. The minimum Gasteiger partial charge on any atom is -0.394 e. The van der Waals surface area contributed by atoms with Gasteiger partial charge in [0.15, 0.2) is 11.9 Å². The molecule has 9 nitrogen and oxygen atoms in total. The molecule has 1 saturated heterocycles. The summed E-state index contributed by atoms with van der Waals surface area (Å²) in [4.78, 5) is 12.9. The molecule has 1 aliphatic rings. The summed E-state index contributed by atoms with van der Waals surface area (Å²) in [5.74, 6) is 0.735. The van der Waals surface area contributed by atoms with E-state index in [0.717, 1.165) is 10.0 Å². The van der Waals surface area contributed by atoms with Gasteiger partial charge in [-0.1, -0.05) is 39.8 Å². The molecule has 0 bridgehead atoms. The van der Waals surface area contributed by atoms with Crippen molar-refractivity contribution in [1.29, 1.82) is 0 Å². The molecule has 0 unspecified atom stereocenters. The maximum atomic E-state index is 10.3. The van der Waals surface area contributed by atoms with Gasteiger partial charge < -0.3 is 25.8 Å². The van der Waals surface area contributed by atoms with Crippen LogP contribution in [-0.4, -0.2) is 59.8 Å². The number of ether oxygens (including phenoxy) is 1. The number of fused-ring (bicyclic) bond motifs is 1. The Morgan fingerprint density at radius 2 is 1.93 bits per heavy atom. The van der Waals surface area contributed by atoms with Crippen molar-refractivity contribution >= 4 is 44.8 Å². The lowest BCUT2D eigenvalue weighted by atomic mass is 10.1. The molecule has 4 rings (SSSR count). The third-order valence-corrected chi connectivity index (χ3v) is 6.05. The standard InChI is InChI=1S/C17H18BrN5O4S/c18-9-3-1-8(2-4-9)6-28-15-11-14(21-17(19)22-15)23(7-20-11)16-13(26)12(25)10(5-24)27-16/h1-4,7,10,12-13,16,24-26H,5-6H2,(H2,19,21,22)/t10-,12+,13+,16+/m0/s1. The first kappa shape index (κ1) is 19.6. The third kappa shape index (κ3) is 3.61. The first-order valence-corrected chi connectivity index (χ1v) is 10.3. The number of nitrogens with two attached hydrogens (primary N) is 1. The average Bonchev–Trinajstić information content (AvgIpc) is 3.22. The monoisotopic (exact) mass is 467 g/mol. The topological polar surface area (TPSA) is 140 Å². The number of anilines is 1. The Hall–Kier alpha value is -1.76. The quantitative estimate of drug-likeness (QED) is 0.320. The minimum absolute atomic E-state index is 0.0688. The van der Waals surface area contributed by atoms with Gasteiger partial charge in [-0.2, -0.15) is 4.98 Å². The molecule has 0 radical (unpaired) electrons. The molecule has 3 aromatic rings. The van der Waals surface area contributed by atoms with Crippen LogP contribution < -0.4 is 5.73 Å². The van der Waals surface area contributed by atoms with Gasteiger partial charge >= 0.3 is 0 Å². The maximum absolute atomic E-state index is 10.3. The predicted molar refractivity (Wildman–Crippen MR) is 106 cm³/mol. The number of aliphatic hydroxyl groups is 3. The summed E-state index contributed by atoms with van der Waals surface area (Å²) in [6.45, 7) is -0.410. The largest absolute Gasteiger partial charge is 0.394 e. The maximum Gasteiger partial charge on any atom is 0.223 e. The van der Waals surface area contributed by atoms with Crippen LogP contribution in [0.5, 0.6) is 0 Å². The summed E-state index contributed by atoms with van der Waals surface area (Å²) in [5.41, 5.74) is 7.90. The Bertz CT molecular complexity index is 986. The summed E-state index contributed by atoms with van der Waals surface area (Å²) in [7, 11) is 0. The number of aromatic nitrogens is 4. The van der Waals surface area contributed by atoms with E-state index in [1.807, 2.05) is 24.3 Å². The van der Waals surface area contributed by atoms with Gasteiger partial charge in [0, 0.05) is 10.2 Å². The van der Waals surface area contributed by atoms with Crippen LogP contribution in [0.2, 0.25) is 0 Å². The molecule has 0 spiro atoms. The van der Waals surface area contributed by atoms with E-state index in [1.165, 1.54) is 22.7 Å². The SMILES string of the molecule is Nc1nc(SCc2ccc(Br)cc2)c2ncn([C@@H]3O[C@@H](CO)[C@@H](O)[C@H]3O)c2n1. The zero-order chi connectivity index (χ0) is 19.8. The van der Waals surface area contributed by atoms with E-state index in [-0.39, 0.29) is 5.95 Å². The lowest BCUT2D eigenvalue weighted by molar-refractivity contribution is -0.0511. The number of nitrogen functional groups attached to an aromatic ring is 1. The molecule has 0 aliphatic carbocycles. The molecule has 0 amide bonds. The average molecular weight is 468 g/mol. The number of benzene rings is 1. The zero-order valence-electron chi connectivity index (χ0n) is 14.5. The van der Waals surface area contributed by atoms with Gasteiger partial charge in [-0.05, 0) is 17.7 Å². The summed E-state index contributed by atoms with van der Waals surface area (Å²) >= 11 is 4.88. The van der Waals surface area contributed by atoms with Gasteiger partial charge in [0.05, 0.1) is 12.9 Å². The summed E-state index contributed by atoms with van der Waals surface area (Å²) in [6.07, 6.45) is -2.80. The lowest BCUT2D eigenvalue weighted by Crippen LogP contribution is -2.33. The molecule has 3 heterocycles. The summed E-state index contributed by atoms with van der Waals surface area (Å²) in [5, 5.41) is 30.2. The molecule has 0 saturated carbocycles. The molecule has 148 valence electrons. The second kappa shape index (κ2) is 7.93. The highest BCUT2D eigenvalue weighted by atomic mass is 79.9. The first-order chi connectivity index (χ1) is 13.5. The molecule has 4 atom stereocenters. The molecule has 11 heteroatoms. The molecule has 1 aliphatic heterocycles. The number of aliphatic hydroxyl groups excluding tert-OH is 3. The van der Waals surface area contributed by atoms with E-state index in [0.29, 0.717) is 21.9 Å². The number of hydrogen-bond acceptors (Lipinski definition) is 9. The van der Waals surface area contributed by atoms with Crippen LogP contribution in [-0.2, 0) is 10.5 Å². The lowest BCUT2D eigenvalue weighted by Gasteiger charge is -2.16. The molecular formula is C17H18BrN5O4S. The van der Waals surface area contributed by atoms with Gasteiger partial charge in [0.25, 0.3) is 0 Å². The Balaban J connectivity index is 1.64. The van der Waals surface area contributed by atoms with Crippen molar-refractivity contribution < 1.29 is 20.1 Å². The number of rotatable bonds is 5. The van der Waals surface area contributed by atoms with Crippen molar-refractivity contribution in [1.82, 2.24) is 19.5 Å². The van der Waals surface area contributed by atoms with Crippen molar-refractivity contribution in [3.63, 3.8) is 0 Å². The van der Waals surface area contributed by atoms with Crippen molar-refractivity contribution in [2.75, 3.05) is 12.3 Å². The second-order valence-corrected chi connectivity index (χ2v) is 8.23. The number of halogens is 1. The minimum atomic E-state index is -1.23. The fraction of sp³-hybridized carbons (Fsp3) is 0.353. The fourth-order valence-corrected chi connectivity index (χ4v) is 4.23. The van der Waals surface area contributed by atoms with Crippen molar-refractivity contribution in [3.05, 3.63) is 40.6 Å². The highest BCUT2D eigenvalue weighted by Gasteiger charge is 2.44. The predicted octanol–water partition coefficient (Wildman–Crippen LogP) is 1.07. The van der Waals surface area contributed by atoms with Crippen LogP contribution in [0.3, 0.4) is 0 Å². The normalized spacial score (nSPS) is 24.9. The molecule has 1 fully saturated rings. The van der Waals surface area contributed by atoms with E-state index in [2.05, 4.69) is 30.9 Å². The smallest absolute Gasteiger partial charge is 0.223 e. The molecule has 2 aromatic heterocycles. The highest BCUT2D eigenvalue weighted by molar-refractivity contribution is 9.10. The van der Waals surface area contributed by atoms with Gasteiger partial charge in [-0.3, -0.25) is 4.57 Å². The Morgan fingerprint density at radius 3 is 2.61 bits per heavy atom. The fourth-order valence-electron chi connectivity index (χ4n) is 3.04. The van der Waals surface area contributed by atoms with E-state index < -0.39 is 31.1 Å². The number of hydrogen-bond donors (Lipinski definition) is 4. The van der Waals surface area contributed by atoms with E-state index in [4.69, 9.17) is 10.5 Å². The van der Waals surface area contributed by atoms with Gasteiger partial charge in [-0.25, -0.2) is 9.97 Å². The third-order valence-electron chi connectivity index (χ3n) is 4.49. The van der Waals surface area contributed by atoms with Crippen LogP contribution in [0.15, 0.2) is 40.1 Å². The Morgan fingerprint density at radius 1 is 1.18 bits per heavy atom. The number of imidazole rings is 1. The summed E-state index contributed by atoms with van der Waals surface area (Å²) < 4.78 is 8.08. The molecule has 28 heavy (non-hydrogen) atoms. The van der Waals surface area contributed by atoms with Crippen LogP contribution in [0, 0.1) is 0 Å². The van der Waals surface area contributed by atoms with Crippen molar-refractivity contribution in [3.8, 4) is 0 Å². The van der Waals surface area contributed by atoms with Gasteiger partial charge in [0.2, 0.25) is 5.95 Å². The number of nitrogens with zero attached hydrogens (tertiary/aromatic N) is 4. The molecular weight excluding hydrogens is 450 g/mol. The van der Waals surface area contributed by atoms with E-state index in [1.54, 1.807) is 0 Å². The number of thioether (sulfide) groups is 1.